The third-order valence-corrected chi connectivity index (χ3v) is 3.05. The van der Waals surface area contributed by atoms with Gasteiger partial charge in [-0.15, -0.1) is 0 Å². The first-order valence-electron chi connectivity index (χ1n) is 6.29. The van der Waals surface area contributed by atoms with Gasteiger partial charge < -0.3 is 10.1 Å². The summed E-state index contributed by atoms with van der Waals surface area (Å²) >= 11 is 6.24. The minimum atomic E-state index is 0.610. The predicted molar refractivity (Wildman–Crippen MR) is 77.9 cm³/mol. The largest absolute Gasteiger partial charge is 0.454 e. The predicted octanol–water partition coefficient (Wildman–Crippen LogP) is 3.95. The molecule has 0 aliphatic carbocycles. The van der Waals surface area contributed by atoms with E-state index in [-0.39, 0.29) is 0 Å². The molecule has 100 valence electrons. The Hall–Kier alpha value is -1.58. The lowest BCUT2D eigenvalue weighted by Gasteiger charge is -2.10. The van der Waals surface area contributed by atoms with Crippen LogP contribution >= 0.6 is 11.6 Å². The van der Waals surface area contributed by atoms with Crippen LogP contribution < -0.4 is 10.1 Å². The molecule has 0 atom stereocenters. The first kappa shape index (κ1) is 13.8. The van der Waals surface area contributed by atoms with Crippen LogP contribution in [0.4, 0.5) is 0 Å². The average Bonchev–Trinajstić information content (AvgIpc) is 2.41. The van der Waals surface area contributed by atoms with E-state index >= 15 is 0 Å². The van der Waals surface area contributed by atoms with E-state index in [0.717, 1.165) is 30.1 Å². The van der Waals surface area contributed by atoms with Crippen LogP contribution in [0.2, 0.25) is 5.02 Å². The Kier molecular flexibility index (Phi) is 4.77. The van der Waals surface area contributed by atoms with E-state index in [0.29, 0.717) is 10.8 Å². The van der Waals surface area contributed by atoms with Crippen molar-refractivity contribution in [2.75, 3.05) is 6.54 Å². The molecule has 1 aromatic heterocycles. The fraction of sp³-hybridized carbons (Fsp3) is 0.267. The Morgan fingerprint density at radius 1 is 1.26 bits per heavy atom. The Morgan fingerprint density at radius 3 is 2.79 bits per heavy atom. The lowest BCUT2D eigenvalue weighted by atomic mass is 10.2. The molecule has 0 bridgehead atoms. The highest BCUT2D eigenvalue weighted by atomic mass is 35.5. The highest BCUT2D eigenvalue weighted by molar-refractivity contribution is 6.32. The maximum atomic E-state index is 6.24. The monoisotopic (exact) mass is 276 g/mol. The summed E-state index contributed by atoms with van der Waals surface area (Å²) in [6, 6.07) is 9.54. The highest BCUT2D eigenvalue weighted by Gasteiger charge is 2.06. The van der Waals surface area contributed by atoms with E-state index in [1.165, 1.54) is 0 Å². The molecule has 3 nitrogen and oxygen atoms in total. The molecule has 1 N–H and O–H groups in total. The van der Waals surface area contributed by atoms with Gasteiger partial charge >= 0.3 is 0 Å². The minimum Gasteiger partial charge on any atom is -0.454 e. The van der Waals surface area contributed by atoms with Gasteiger partial charge in [0.05, 0.1) is 10.7 Å². The zero-order chi connectivity index (χ0) is 13.7. The van der Waals surface area contributed by atoms with E-state index < -0.39 is 0 Å². The second kappa shape index (κ2) is 6.55. The van der Waals surface area contributed by atoms with Crippen LogP contribution in [0.25, 0.3) is 0 Å². The van der Waals surface area contributed by atoms with Crippen molar-refractivity contribution >= 4 is 11.6 Å². The van der Waals surface area contributed by atoms with Crippen molar-refractivity contribution < 1.29 is 4.74 Å². The summed E-state index contributed by atoms with van der Waals surface area (Å²) in [5.74, 6) is 1.38. The van der Waals surface area contributed by atoms with Crippen LogP contribution in [0.3, 0.4) is 0 Å². The normalized spacial score (nSPS) is 10.5. The lowest BCUT2D eigenvalue weighted by Crippen LogP contribution is -2.11. The number of nitrogens with one attached hydrogen (secondary N) is 1. The molecule has 2 rings (SSSR count). The molecule has 1 heterocycles. The third-order valence-electron chi connectivity index (χ3n) is 2.75. The van der Waals surface area contributed by atoms with E-state index in [9.17, 15) is 0 Å². The van der Waals surface area contributed by atoms with E-state index in [1.807, 2.05) is 37.3 Å². The molecule has 1 aromatic carbocycles. The standard InChI is InChI=1S/C15H17ClN2O/c1-3-17-10-12-6-7-15(13(16)9-12)19-14-5-4-8-18-11(14)2/h4-9,17H,3,10H2,1-2H3. The third kappa shape index (κ3) is 3.69. The Labute approximate surface area is 118 Å². The molecular formula is C15H17ClN2O. The van der Waals surface area contributed by atoms with E-state index in [1.54, 1.807) is 6.20 Å². The number of benzene rings is 1. The van der Waals surface area contributed by atoms with E-state index in [4.69, 9.17) is 16.3 Å². The van der Waals surface area contributed by atoms with Gasteiger partial charge in [-0.1, -0.05) is 24.6 Å². The Balaban J connectivity index is 2.15. The van der Waals surface area contributed by atoms with Gasteiger partial charge in [0.2, 0.25) is 0 Å². The van der Waals surface area contributed by atoms with Crippen molar-refractivity contribution in [3.05, 3.63) is 52.8 Å². The smallest absolute Gasteiger partial charge is 0.148 e. The summed E-state index contributed by atoms with van der Waals surface area (Å²) in [6.45, 7) is 5.72. The van der Waals surface area contributed by atoms with Crippen LogP contribution in [0, 0.1) is 6.92 Å². The zero-order valence-corrected chi connectivity index (χ0v) is 11.9. The fourth-order valence-electron chi connectivity index (χ4n) is 1.70. The summed E-state index contributed by atoms with van der Waals surface area (Å²) in [6.07, 6.45) is 1.74. The van der Waals surface area contributed by atoms with Gasteiger partial charge in [0, 0.05) is 12.7 Å². The zero-order valence-electron chi connectivity index (χ0n) is 11.1. The number of halogens is 1. The first-order chi connectivity index (χ1) is 9.20. The number of hydrogen-bond donors (Lipinski definition) is 1. The second-order valence-corrected chi connectivity index (χ2v) is 4.64. The Bertz CT molecular complexity index is 558. The van der Waals surface area contributed by atoms with E-state index in [2.05, 4.69) is 17.2 Å². The number of hydrogen-bond acceptors (Lipinski definition) is 3. The van der Waals surface area contributed by atoms with Crippen molar-refractivity contribution in [2.45, 2.75) is 20.4 Å². The molecule has 0 saturated heterocycles. The summed E-state index contributed by atoms with van der Waals surface area (Å²) < 4.78 is 5.78. The van der Waals surface area contributed by atoms with Gasteiger partial charge in [0.25, 0.3) is 0 Å². The van der Waals surface area contributed by atoms with Crippen molar-refractivity contribution in [2.24, 2.45) is 0 Å². The number of aryl methyl sites for hydroxylation is 1. The van der Waals surface area contributed by atoms with Crippen LogP contribution in [0.5, 0.6) is 11.5 Å². The van der Waals surface area contributed by atoms with Gasteiger partial charge in [-0.2, -0.15) is 0 Å². The number of ether oxygens (including phenoxy) is 1. The second-order valence-electron chi connectivity index (χ2n) is 4.23. The van der Waals surface area contributed by atoms with Crippen LogP contribution in [0.15, 0.2) is 36.5 Å². The molecule has 0 spiro atoms. The minimum absolute atomic E-state index is 0.610. The first-order valence-corrected chi connectivity index (χ1v) is 6.67. The van der Waals surface area contributed by atoms with Gasteiger partial charge in [-0.3, -0.25) is 4.98 Å². The molecule has 0 saturated carbocycles. The summed E-state index contributed by atoms with van der Waals surface area (Å²) in [4.78, 5) is 4.18. The van der Waals surface area contributed by atoms with Crippen molar-refractivity contribution in [1.82, 2.24) is 10.3 Å². The summed E-state index contributed by atoms with van der Waals surface area (Å²) in [5, 5.41) is 3.87. The van der Waals surface area contributed by atoms with Crippen LogP contribution in [-0.2, 0) is 6.54 Å². The maximum absolute atomic E-state index is 6.24. The Morgan fingerprint density at radius 2 is 2.11 bits per heavy atom. The number of rotatable bonds is 5. The lowest BCUT2D eigenvalue weighted by molar-refractivity contribution is 0.475. The number of nitrogens with zero attached hydrogens (tertiary/aromatic N) is 1. The fourth-order valence-corrected chi connectivity index (χ4v) is 1.94. The summed E-state index contributed by atoms with van der Waals surface area (Å²) in [7, 11) is 0. The van der Waals surface area contributed by atoms with Crippen LogP contribution in [-0.4, -0.2) is 11.5 Å². The topological polar surface area (TPSA) is 34.1 Å². The molecule has 0 unspecified atom stereocenters. The molecule has 0 amide bonds. The van der Waals surface area contributed by atoms with Gasteiger partial charge in [0.1, 0.15) is 11.5 Å². The quantitative estimate of drug-likeness (QED) is 0.898. The van der Waals surface area contributed by atoms with Crippen molar-refractivity contribution in [3.63, 3.8) is 0 Å². The molecule has 4 heteroatoms. The van der Waals surface area contributed by atoms with Crippen molar-refractivity contribution in [3.8, 4) is 11.5 Å². The molecule has 0 fully saturated rings. The average molecular weight is 277 g/mol. The maximum Gasteiger partial charge on any atom is 0.148 e. The highest BCUT2D eigenvalue weighted by Crippen LogP contribution is 2.31. The van der Waals surface area contributed by atoms with Gasteiger partial charge in [-0.25, -0.2) is 0 Å². The molecule has 0 aliphatic rings. The molecule has 0 aliphatic heterocycles. The molecule has 0 radical (unpaired) electrons. The molecule has 2 aromatic rings. The van der Waals surface area contributed by atoms with Crippen molar-refractivity contribution in [1.29, 1.82) is 0 Å². The summed E-state index contributed by atoms with van der Waals surface area (Å²) in [5.41, 5.74) is 1.98. The SMILES string of the molecule is CCNCc1ccc(Oc2cccnc2C)c(Cl)c1. The number of pyridine rings is 1. The number of aromatic nitrogens is 1. The van der Waals surface area contributed by atoms with Gasteiger partial charge in [0.15, 0.2) is 0 Å². The van der Waals surface area contributed by atoms with Crippen LogP contribution in [0.1, 0.15) is 18.2 Å². The molecule has 19 heavy (non-hydrogen) atoms. The molecular weight excluding hydrogens is 260 g/mol. The van der Waals surface area contributed by atoms with Gasteiger partial charge in [-0.05, 0) is 43.3 Å².